The largest absolute Gasteiger partial charge is 0.493 e. The van der Waals surface area contributed by atoms with E-state index in [0.717, 1.165) is 5.56 Å². The van der Waals surface area contributed by atoms with Crippen molar-refractivity contribution in [2.75, 3.05) is 21.0 Å². The maximum absolute atomic E-state index is 5.32. The highest BCUT2D eigenvalue weighted by Gasteiger charge is 2.25. The molecule has 0 aromatic heterocycles. The van der Waals surface area contributed by atoms with Gasteiger partial charge in [0.15, 0.2) is 11.5 Å². The van der Waals surface area contributed by atoms with Crippen molar-refractivity contribution in [2.24, 2.45) is 0 Å². The molecule has 4 heteroatoms. The molecule has 3 rings (SSSR count). The van der Waals surface area contributed by atoms with Crippen LogP contribution in [0.1, 0.15) is 5.56 Å². The first-order valence-corrected chi connectivity index (χ1v) is 6.29. The first kappa shape index (κ1) is 14.1. The average molecular weight is 274 g/mol. The van der Waals surface area contributed by atoms with Gasteiger partial charge in [0, 0.05) is 0 Å². The smallest absolute Gasteiger partial charge is 0.231 e. The van der Waals surface area contributed by atoms with Gasteiger partial charge in [-0.2, -0.15) is 0 Å². The van der Waals surface area contributed by atoms with Crippen LogP contribution in [0.5, 0.6) is 23.0 Å². The fourth-order valence-corrected chi connectivity index (χ4v) is 1.93. The van der Waals surface area contributed by atoms with Gasteiger partial charge >= 0.3 is 0 Å². The molecule has 0 N–H and O–H groups in total. The first-order valence-electron chi connectivity index (χ1n) is 6.29. The zero-order chi connectivity index (χ0) is 14.4. The summed E-state index contributed by atoms with van der Waals surface area (Å²) in [5.74, 6) is 2.63. The summed E-state index contributed by atoms with van der Waals surface area (Å²) >= 11 is 0. The third kappa shape index (κ3) is 2.96. The van der Waals surface area contributed by atoms with E-state index >= 15 is 0 Å². The Morgan fingerprint density at radius 3 is 1.90 bits per heavy atom. The molecule has 1 aliphatic rings. The molecule has 0 atom stereocenters. The number of aryl methyl sites for hydroxylation is 1. The molecule has 0 bridgehead atoms. The SMILES string of the molecule is COc1cc(C)c(OC)c2c1OCO2.c1ccccc1. The van der Waals surface area contributed by atoms with Crippen molar-refractivity contribution in [1.29, 1.82) is 0 Å². The highest BCUT2D eigenvalue weighted by molar-refractivity contribution is 5.63. The Labute approximate surface area is 118 Å². The Bertz CT molecular complexity index is 525. The Balaban J connectivity index is 0.000000205. The van der Waals surface area contributed by atoms with Gasteiger partial charge in [-0.05, 0) is 18.6 Å². The highest BCUT2D eigenvalue weighted by Crippen LogP contribution is 2.49. The van der Waals surface area contributed by atoms with Crippen LogP contribution >= 0.6 is 0 Å². The number of hydrogen-bond acceptors (Lipinski definition) is 4. The van der Waals surface area contributed by atoms with Gasteiger partial charge in [-0.25, -0.2) is 0 Å². The number of rotatable bonds is 2. The van der Waals surface area contributed by atoms with Crippen LogP contribution < -0.4 is 18.9 Å². The predicted octanol–water partition coefficient (Wildman–Crippen LogP) is 3.43. The topological polar surface area (TPSA) is 36.9 Å². The molecule has 0 fully saturated rings. The lowest BCUT2D eigenvalue weighted by Crippen LogP contribution is -1.94. The second-order valence-electron chi connectivity index (χ2n) is 4.15. The summed E-state index contributed by atoms with van der Waals surface area (Å²) in [6, 6.07) is 13.9. The van der Waals surface area contributed by atoms with Gasteiger partial charge in [-0.3, -0.25) is 0 Å². The Morgan fingerprint density at radius 1 is 0.850 bits per heavy atom. The third-order valence-corrected chi connectivity index (χ3v) is 2.84. The molecule has 0 saturated carbocycles. The standard InChI is InChI=1S/C10H12O4.C6H6/c1-6-4-7(11-2)9-10(8(6)12-3)14-5-13-9;1-2-4-6-5-3-1/h4H,5H2,1-3H3;1-6H. The van der Waals surface area contributed by atoms with Gasteiger partial charge in [-0.1, -0.05) is 36.4 Å². The monoisotopic (exact) mass is 274 g/mol. The molecule has 2 aromatic carbocycles. The molecule has 0 aliphatic carbocycles. The van der Waals surface area contributed by atoms with Crippen molar-refractivity contribution in [1.82, 2.24) is 0 Å². The van der Waals surface area contributed by atoms with Crippen LogP contribution in [-0.2, 0) is 0 Å². The van der Waals surface area contributed by atoms with E-state index < -0.39 is 0 Å². The molecule has 0 amide bonds. The molecule has 4 nitrogen and oxygen atoms in total. The minimum atomic E-state index is 0.214. The first-order chi connectivity index (χ1) is 9.77. The van der Waals surface area contributed by atoms with Crippen molar-refractivity contribution >= 4 is 0 Å². The predicted molar refractivity (Wildman–Crippen MR) is 76.8 cm³/mol. The Hall–Kier alpha value is -2.36. The molecule has 106 valence electrons. The van der Waals surface area contributed by atoms with Gasteiger partial charge in [0.1, 0.15) is 0 Å². The number of hydrogen-bond donors (Lipinski definition) is 0. The minimum Gasteiger partial charge on any atom is -0.493 e. The lowest BCUT2D eigenvalue weighted by molar-refractivity contribution is 0.168. The maximum atomic E-state index is 5.32. The fraction of sp³-hybridized carbons (Fsp3) is 0.250. The fourth-order valence-electron chi connectivity index (χ4n) is 1.93. The highest BCUT2D eigenvalue weighted by atomic mass is 16.7. The lowest BCUT2D eigenvalue weighted by Gasteiger charge is -2.10. The molecule has 0 spiro atoms. The van der Waals surface area contributed by atoms with E-state index in [1.54, 1.807) is 14.2 Å². The molecule has 1 heterocycles. The van der Waals surface area contributed by atoms with E-state index in [0.29, 0.717) is 23.0 Å². The van der Waals surface area contributed by atoms with Crippen molar-refractivity contribution in [3.8, 4) is 23.0 Å². The van der Waals surface area contributed by atoms with E-state index in [-0.39, 0.29) is 6.79 Å². The van der Waals surface area contributed by atoms with Crippen LogP contribution in [0, 0.1) is 6.92 Å². The van der Waals surface area contributed by atoms with Crippen LogP contribution in [0.3, 0.4) is 0 Å². The number of benzene rings is 2. The summed E-state index contributed by atoms with van der Waals surface area (Å²) < 4.78 is 21.0. The normalized spacial score (nSPS) is 11.3. The summed E-state index contributed by atoms with van der Waals surface area (Å²) in [5.41, 5.74) is 0.966. The number of ether oxygens (including phenoxy) is 4. The Kier molecular flexibility index (Phi) is 4.71. The third-order valence-electron chi connectivity index (χ3n) is 2.84. The van der Waals surface area contributed by atoms with E-state index in [4.69, 9.17) is 18.9 Å². The van der Waals surface area contributed by atoms with Crippen LogP contribution in [0.2, 0.25) is 0 Å². The van der Waals surface area contributed by atoms with Gasteiger partial charge in [-0.15, -0.1) is 0 Å². The molecular weight excluding hydrogens is 256 g/mol. The second-order valence-corrected chi connectivity index (χ2v) is 4.15. The van der Waals surface area contributed by atoms with Crippen LogP contribution in [0.15, 0.2) is 42.5 Å². The lowest BCUT2D eigenvalue weighted by atomic mass is 10.2. The minimum absolute atomic E-state index is 0.214. The van der Waals surface area contributed by atoms with E-state index in [1.165, 1.54) is 0 Å². The van der Waals surface area contributed by atoms with Gasteiger partial charge in [0.25, 0.3) is 0 Å². The van der Waals surface area contributed by atoms with Crippen LogP contribution in [0.4, 0.5) is 0 Å². The average Bonchev–Trinajstić information content (AvgIpc) is 2.98. The van der Waals surface area contributed by atoms with Crippen molar-refractivity contribution in [3.63, 3.8) is 0 Å². The van der Waals surface area contributed by atoms with E-state index in [2.05, 4.69) is 0 Å². The number of methoxy groups -OCH3 is 2. The van der Waals surface area contributed by atoms with Gasteiger partial charge in [0.2, 0.25) is 18.3 Å². The van der Waals surface area contributed by atoms with Crippen LogP contribution in [-0.4, -0.2) is 21.0 Å². The maximum Gasteiger partial charge on any atom is 0.231 e. The second kappa shape index (κ2) is 6.70. The van der Waals surface area contributed by atoms with E-state index in [9.17, 15) is 0 Å². The van der Waals surface area contributed by atoms with Gasteiger partial charge < -0.3 is 18.9 Å². The summed E-state index contributed by atoms with van der Waals surface area (Å²) in [4.78, 5) is 0. The molecule has 2 aromatic rings. The summed E-state index contributed by atoms with van der Waals surface area (Å²) in [5, 5.41) is 0. The molecule has 0 radical (unpaired) electrons. The quantitative estimate of drug-likeness (QED) is 0.840. The van der Waals surface area contributed by atoms with Crippen molar-refractivity contribution < 1.29 is 18.9 Å². The molecular formula is C16H18O4. The molecule has 1 aliphatic heterocycles. The zero-order valence-corrected chi connectivity index (χ0v) is 11.9. The van der Waals surface area contributed by atoms with Crippen molar-refractivity contribution in [3.05, 3.63) is 48.0 Å². The summed E-state index contributed by atoms with van der Waals surface area (Å²) in [7, 11) is 3.21. The molecule has 0 saturated heterocycles. The number of fused-ring (bicyclic) bond motifs is 1. The zero-order valence-electron chi connectivity index (χ0n) is 11.9. The Morgan fingerprint density at radius 2 is 1.40 bits per heavy atom. The van der Waals surface area contributed by atoms with Crippen molar-refractivity contribution in [2.45, 2.75) is 6.92 Å². The summed E-state index contributed by atoms with van der Waals surface area (Å²) in [6.07, 6.45) is 0. The van der Waals surface area contributed by atoms with Gasteiger partial charge in [0.05, 0.1) is 14.2 Å². The van der Waals surface area contributed by atoms with Crippen LogP contribution in [0.25, 0.3) is 0 Å². The van der Waals surface area contributed by atoms with E-state index in [1.807, 2.05) is 49.4 Å². The molecule has 0 unspecified atom stereocenters. The summed E-state index contributed by atoms with van der Waals surface area (Å²) in [6.45, 7) is 2.15. The molecule has 20 heavy (non-hydrogen) atoms.